The minimum atomic E-state index is -1.94. The van der Waals surface area contributed by atoms with Crippen LogP contribution >= 0.6 is 0 Å². The molecular weight excluding hydrogens is 592 g/mol. The maximum Gasteiger partial charge on any atom is 0.239 e. The molecule has 9 N–H and O–H groups in total. The zero-order valence-corrected chi connectivity index (χ0v) is 23.3. The molecule has 3 heterocycles. The van der Waals surface area contributed by atoms with Gasteiger partial charge in [-0.2, -0.15) is 0 Å². The predicted molar refractivity (Wildman–Crippen MR) is 145 cm³/mol. The molecule has 2 saturated heterocycles. The summed E-state index contributed by atoms with van der Waals surface area (Å²) in [4.78, 5) is 13.7. The fraction of sp³-hybridized carbons (Fsp3) is 0.464. The second-order valence-electron chi connectivity index (χ2n) is 10.5. The summed E-state index contributed by atoms with van der Waals surface area (Å²) in [6, 6.07) is 5.83. The summed E-state index contributed by atoms with van der Waals surface area (Å²) >= 11 is 0. The second-order valence-corrected chi connectivity index (χ2v) is 10.5. The minimum absolute atomic E-state index is 0.0151. The standard InChI is InChI=1S/C28H32O16/c1-9-18(32)21(35)23(37)27(41-9)40-8-16-19(33)22(36)24(38)28(43-16)44-26-20(34)17-13(31)6-11(29)7-15(17)42-25(26)10-3-4-12(30)14(5-10)39-2/h3-7,9,16,18-19,21-24,27-33,35-38H,8H2,1-2H3/t9-,16+,18+,19+,21+,22-,23+,24+,27+,28?/m0/s1. The Balaban J connectivity index is 1.49. The Kier molecular flexibility index (Phi) is 8.90. The van der Waals surface area contributed by atoms with Crippen molar-refractivity contribution in [2.45, 2.75) is 68.3 Å². The minimum Gasteiger partial charge on any atom is -0.508 e. The van der Waals surface area contributed by atoms with Crippen LogP contribution < -0.4 is 14.9 Å². The quantitative estimate of drug-likeness (QED) is 0.147. The van der Waals surface area contributed by atoms with Gasteiger partial charge in [-0.05, 0) is 25.1 Å². The van der Waals surface area contributed by atoms with Crippen LogP contribution in [0.15, 0.2) is 39.5 Å². The van der Waals surface area contributed by atoms with Crippen molar-refractivity contribution in [3.8, 4) is 40.1 Å². The molecule has 0 spiro atoms. The smallest absolute Gasteiger partial charge is 0.239 e. The molecule has 2 aromatic carbocycles. The number of aromatic hydroxyl groups is 3. The Morgan fingerprint density at radius 2 is 1.48 bits per heavy atom. The number of phenols is 3. The first kappa shape index (κ1) is 31.7. The fourth-order valence-corrected chi connectivity index (χ4v) is 4.99. The normalized spacial score (nSPS) is 32.5. The summed E-state index contributed by atoms with van der Waals surface area (Å²) in [6.45, 7) is 0.845. The van der Waals surface area contributed by atoms with E-state index in [2.05, 4.69) is 0 Å². The highest BCUT2D eigenvalue weighted by Gasteiger charge is 2.47. The lowest BCUT2D eigenvalue weighted by Gasteiger charge is -2.42. The highest BCUT2D eigenvalue weighted by molar-refractivity contribution is 5.88. The number of aliphatic hydroxyl groups excluding tert-OH is 6. The first-order valence-corrected chi connectivity index (χ1v) is 13.4. The van der Waals surface area contributed by atoms with E-state index < -0.39 is 96.1 Å². The van der Waals surface area contributed by atoms with Gasteiger partial charge in [0.15, 0.2) is 23.5 Å². The van der Waals surface area contributed by atoms with Gasteiger partial charge in [0, 0.05) is 17.7 Å². The van der Waals surface area contributed by atoms with Gasteiger partial charge < -0.3 is 74.1 Å². The molecule has 240 valence electrons. The molecule has 0 aliphatic carbocycles. The van der Waals surface area contributed by atoms with Crippen LogP contribution in [0.1, 0.15) is 6.92 Å². The van der Waals surface area contributed by atoms with Gasteiger partial charge in [0.05, 0.1) is 19.8 Å². The number of phenolic OH excluding ortho intramolecular Hbond substituents is 3. The molecule has 10 atom stereocenters. The van der Waals surface area contributed by atoms with Gasteiger partial charge >= 0.3 is 0 Å². The van der Waals surface area contributed by atoms with E-state index in [1.807, 2.05) is 0 Å². The number of fused-ring (bicyclic) bond motifs is 1. The highest BCUT2D eigenvalue weighted by atomic mass is 16.7. The van der Waals surface area contributed by atoms with Crippen LogP contribution in [0, 0.1) is 0 Å². The van der Waals surface area contributed by atoms with Crippen LogP contribution in [0.3, 0.4) is 0 Å². The average Bonchev–Trinajstić information content (AvgIpc) is 2.98. The number of hydrogen-bond acceptors (Lipinski definition) is 16. The Labute approximate surface area is 248 Å². The lowest BCUT2D eigenvalue weighted by molar-refractivity contribution is -0.318. The van der Waals surface area contributed by atoms with Crippen LogP contribution in [0.2, 0.25) is 0 Å². The second kappa shape index (κ2) is 12.4. The number of rotatable bonds is 7. The van der Waals surface area contributed by atoms with Gasteiger partial charge in [0.25, 0.3) is 0 Å². The van der Waals surface area contributed by atoms with Crippen LogP contribution in [0.25, 0.3) is 22.3 Å². The lowest BCUT2D eigenvalue weighted by atomic mass is 9.98. The average molecular weight is 625 g/mol. The van der Waals surface area contributed by atoms with Gasteiger partial charge in [-0.1, -0.05) is 0 Å². The summed E-state index contributed by atoms with van der Waals surface area (Å²) in [5.74, 6) is -2.28. The third-order valence-corrected chi connectivity index (χ3v) is 7.50. The first-order valence-electron chi connectivity index (χ1n) is 13.4. The summed E-state index contributed by atoms with van der Waals surface area (Å²) in [5.41, 5.74) is -1.11. The maximum absolute atomic E-state index is 13.7. The topological polar surface area (TPSA) is 258 Å². The Morgan fingerprint density at radius 1 is 0.795 bits per heavy atom. The number of methoxy groups -OCH3 is 1. The molecule has 1 unspecified atom stereocenters. The molecule has 16 nitrogen and oxygen atoms in total. The van der Waals surface area contributed by atoms with Crippen molar-refractivity contribution in [1.82, 2.24) is 0 Å². The highest BCUT2D eigenvalue weighted by Crippen LogP contribution is 2.39. The summed E-state index contributed by atoms with van der Waals surface area (Å²) in [6.07, 6.45) is -16.0. The molecule has 1 aromatic heterocycles. The van der Waals surface area contributed by atoms with Crippen molar-refractivity contribution in [1.29, 1.82) is 0 Å². The van der Waals surface area contributed by atoms with E-state index in [0.29, 0.717) is 0 Å². The number of ether oxygens (including phenoxy) is 5. The molecule has 44 heavy (non-hydrogen) atoms. The van der Waals surface area contributed by atoms with E-state index in [-0.39, 0.29) is 28.4 Å². The van der Waals surface area contributed by atoms with E-state index in [1.165, 1.54) is 32.2 Å². The van der Waals surface area contributed by atoms with E-state index >= 15 is 0 Å². The molecule has 2 aliphatic rings. The van der Waals surface area contributed by atoms with Crippen molar-refractivity contribution in [3.05, 3.63) is 40.6 Å². The van der Waals surface area contributed by atoms with Crippen LogP contribution in [-0.4, -0.2) is 121 Å². The third kappa shape index (κ3) is 5.74. The van der Waals surface area contributed by atoms with Crippen molar-refractivity contribution in [3.63, 3.8) is 0 Å². The van der Waals surface area contributed by atoms with Crippen molar-refractivity contribution < 1.29 is 74.1 Å². The number of aliphatic hydroxyl groups is 6. The van der Waals surface area contributed by atoms with Gasteiger partial charge in [0.1, 0.15) is 65.2 Å². The summed E-state index contributed by atoms with van der Waals surface area (Å²) in [7, 11) is 1.28. The Bertz CT molecular complexity index is 1560. The molecule has 16 heteroatoms. The Morgan fingerprint density at radius 3 is 2.18 bits per heavy atom. The molecule has 0 saturated carbocycles. The van der Waals surface area contributed by atoms with Crippen molar-refractivity contribution in [2.24, 2.45) is 0 Å². The van der Waals surface area contributed by atoms with Crippen LogP contribution in [0.5, 0.6) is 28.7 Å². The zero-order chi connectivity index (χ0) is 32.0. The molecule has 5 rings (SSSR count). The molecule has 2 aliphatic heterocycles. The van der Waals surface area contributed by atoms with Crippen LogP contribution in [0.4, 0.5) is 0 Å². The Hall–Kier alpha value is -3.71. The predicted octanol–water partition coefficient (Wildman–Crippen LogP) is -1.38. The lowest BCUT2D eigenvalue weighted by Crippen LogP contribution is -2.61. The first-order chi connectivity index (χ1) is 20.8. The van der Waals surface area contributed by atoms with Crippen molar-refractivity contribution in [2.75, 3.05) is 13.7 Å². The van der Waals surface area contributed by atoms with Gasteiger partial charge in [-0.15, -0.1) is 0 Å². The monoisotopic (exact) mass is 624 g/mol. The van der Waals surface area contributed by atoms with Crippen molar-refractivity contribution >= 4 is 11.0 Å². The molecule has 0 amide bonds. The summed E-state index contributed by atoms with van der Waals surface area (Å²) < 4.78 is 33.2. The number of benzene rings is 2. The van der Waals surface area contributed by atoms with E-state index in [0.717, 1.165) is 12.1 Å². The molecule has 3 aromatic rings. The fourth-order valence-electron chi connectivity index (χ4n) is 4.99. The third-order valence-electron chi connectivity index (χ3n) is 7.50. The largest absolute Gasteiger partial charge is 0.508 e. The van der Waals surface area contributed by atoms with Gasteiger partial charge in [-0.3, -0.25) is 4.79 Å². The van der Waals surface area contributed by atoms with Crippen LogP contribution in [-0.2, 0) is 14.2 Å². The van der Waals surface area contributed by atoms with Gasteiger partial charge in [-0.25, -0.2) is 0 Å². The SMILES string of the molecule is COc1cc(-c2oc3cc(O)cc(O)c3c(=O)c2OC2O[C@H](CO[C@@H]3O[C@@H](C)[C@@H](O)[C@@H](O)[C@H]3O)[C@@H](O)[C@H](O)[C@H]2O)ccc1O. The maximum atomic E-state index is 13.7. The number of hydrogen-bond donors (Lipinski definition) is 9. The molecule has 2 fully saturated rings. The summed E-state index contributed by atoms with van der Waals surface area (Å²) in [5, 5.41) is 92.1. The zero-order valence-electron chi connectivity index (χ0n) is 23.3. The molecular formula is C28H32O16. The van der Waals surface area contributed by atoms with E-state index in [1.54, 1.807) is 0 Å². The van der Waals surface area contributed by atoms with E-state index in [9.17, 15) is 50.8 Å². The molecule has 0 radical (unpaired) electrons. The van der Waals surface area contributed by atoms with Gasteiger partial charge in [0.2, 0.25) is 17.5 Å². The van der Waals surface area contributed by atoms with E-state index in [4.69, 9.17) is 28.1 Å². The molecule has 0 bridgehead atoms.